The molecule has 0 bridgehead atoms. The summed E-state index contributed by atoms with van der Waals surface area (Å²) in [6.07, 6.45) is 74.1. The number of esters is 1. The number of likely N-dealkylation sites (N-methyl/N-ethyl adjacent to an activating group) is 1. The second-order valence-electron chi connectivity index (χ2n) is 24.4. The van der Waals surface area contributed by atoms with Gasteiger partial charge in [0.05, 0.1) is 33.8 Å². The van der Waals surface area contributed by atoms with Gasteiger partial charge in [0.1, 0.15) is 19.3 Å². The molecular weight excluding hydrogens is 1000 g/mol. The topological polar surface area (TPSA) is 111 Å². The minimum Gasteiger partial charge on any atom is -0.456 e. The second-order valence-corrected chi connectivity index (χ2v) is 25.8. The normalized spacial score (nSPS) is 13.9. The van der Waals surface area contributed by atoms with E-state index in [-0.39, 0.29) is 31.5 Å². The summed E-state index contributed by atoms with van der Waals surface area (Å²) in [6.45, 7) is 6.92. The van der Waals surface area contributed by atoms with E-state index in [1.807, 2.05) is 33.3 Å². The molecule has 2 N–H and O–H groups in total. The molecule has 9 nitrogen and oxygen atoms in total. The summed E-state index contributed by atoms with van der Waals surface area (Å²) in [5, 5.41) is 3.07. The maximum absolute atomic E-state index is 13.6. The lowest BCUT2D eigenvalue weighted by Crippen LogP contribution is -2.47. The number of hydrogen-bond donors (Lipinski definition) is 2. The number of unbranched alkanes of at least 4 members (excludes halogenated alkanes) is 42. The molecule has 0 aromatic heterocycles. The number of carbonyl (C=O) groups excluding carboxylic acids is 2. The number of amides is 1. The molecule has 0 radical (unpaired) electrons. The van der Waals surface area contributed by atoms with E-state index in [0.717, 1.165) is 77.0 Å². The van der Waals surface area contributed by atoms with Crippen molar-refractivity contribution < 1.29 is 37.3 Å². The first-order chi connectivity index (χ1) is 38.4. The summed E-state index contributed by atoms with van der Waals surface area (Å²) >= 11 is 0. The van der Waals surface area contributed by atoms with Crippen LogP contribution in [0.3, 0.4) is 0 Å². The lowest BCUT2D eigenvalue weighted by Gasteiger charge is -2.27. The van der Waals surface area contributed by atoms with Crippen molar-refractivity contribution in [1.29, 1.82) is 0 Å². The van der Waals surface area contributed by atoms with E-state index < -0.39 is 20.0 Å². The summed E-state index contributed by atoms with van der Waals surface area (Å²) in [5.41, 5.74) is 0. The molecule has 0 aliphatic heterocycles. The predicted octanol–water partition coefficient (Wildman–Crippen LogP) is 21.2. The van der Waals surface area contributed by atoms with Gasteiger partial charge in [-0.25, -0.2) is 4.57 Å². The van der Waals surface area contributed by atoms with Crippen LogP contribution in [-0.4, -0.2) is 74.3 Å². The summed E-state index contributed by atoms with van der Waals surface area (Å²) in [5.74, 6) is -0.505. The summed E-state index contributed by atoms with van der Waals surface area (Å²) in [7, 11) is 1.50. The highest BCUT2D eigenvalue weighted by molar-refractivity contribution is 7.47. The summed E-state index contributed by atoms with van der Waals surface area (Å²) in [4.78, 5) is 37.8. The SMILES string of the molecule is CC/C=C/C=C/C=C/CCCCCCCCCC(=O)OC(/C=C\CCCCCCCCCCCCC)C(COP(=O)(O)OCC[N+](C)(C)C)NC(=O)CCCCCCCCCCCCCCCCCCCCCCCCCCC. The fraction of sp³-hybridized carbons (Fsp3) is 0.855. The number of allylic oxidation sites excluding steroid dienone is 7. The summed E-state index contributed by atoms with van der Waals surface area (Å²) in [6, 6.07) is -0.851. The number of ether oxygens (including phenoxy) is 1. The lowest BCUT2D eigenvalue weighted by molar-refractivity contribution is -0.870. The van der Waals surface area contributed by atoms with Gasteiger partial charge in [0, 0.05) is 12.8 Å². The van der Waals surface area contributed by atoms with Gasteiger partial charge < -0.3 is 19.4 Å². The first-order valence-corrected chi connectivity index (χ1v) is 35.5. The quantitative estimate of drug-likeness (QED) is 0.0156. The highest BCUT2D eigenvalue weighted by atomic mass is 31.2. The zero-order valence-corrected chi connectivity index (χ0v) is 54.0. The first kappa shape index (κ1) is 77.0. The molecule has 10 heteroatoms. The Morgan fingerprint density at radius 1 is 0.456 bits per heavy atom. The Bertz CT molecular complexity index is 1490. The molecule has 3 unspecified atom stereocenters. The number of nitrogens with zero attached hydrogens (tertiary/aromatic N) is 1. The maximum atomic E-state index is 13.6. The number of phosphoric ester groups is 1. The fourth-order valence-corrected chi connectivity index (χ4v) is 10.9. The Morgan fingerprint density at radius 3 is 1.20 bits per heavy atom. The van der Waals surface area contributed by atoms with Gasteiger partial charge in [-0.1, -0.05) is 314 Å². The molecule has 1 amide bonds. The number of phosphoric acid groups is 1. The van der Waals surface area contributed by atoms with Crippen LogP contribution >= 0.6 is 7.82 Å². The van der Waals surface area contributed by atoms with Gasteiger partial charge in [0.2, 0.25) is 5.91 Å². The van der Waals surface area contributed by atoms with Crippen molar-refractivity contribution in [1.82, 2.24) is 5.32 Å². The van der Waals surface area contributed by atoms with Crippen molar-refractivity contribution in [2.75, 3.05) is 40.9 Å². The molecule has 0 saturated carbocycles. The average Bonchev–Trinajstić information content (AvgIpc) is 3.41. The van der Waals surface area contributed by atoms with Gasteiger partial charge in [-0.15, -0.1) is 0 Å². The van der Waals surface area contributed by atoms with E-state index in [4.69, 9.17) is 13.8 Å². The van der Waals surface area contributed by atoms with Gasteiger partial charge in [-0.05, 0) is 51.0 Å². The van der Waals surface area contributed by atoms with E-state index in [0.29, 0.717) is 17.4 Å². The van der Waals surface area contributed by atoms with Crippen LogP contribution in [0.4, 0.5) is 0 Å². The highest BCUT2D eigenvalue weighted by Crippen LogP contribution is 2.43. The number of nitrogens with one attached hydrogen (secondary N) is 1. The minimum absolute atomic E-state index is 0.0394. The van der Waals surface area contributed by atoms with Crippen LogP contribution in [-0.2, 0) is 27.9 Å². The van der Waals surface area contributed by atoms with Crippen LogP contribution in [0.15, 0.2) is 48.6 Å². The molecule has 0 aliphatic rings. The fourth-order valence-electron chi connectivity index (χ4n) is 10.1. The van der Waals surface area contributed by atoms with Crippen LogP contribution in [0, 0.1) is 0 Å². The van der Waals surface area contributed by atoms with Gasteiger partial charge in [-0.3, -0.25) is 18.6 Å². The zero-order chi connectivity index (χ0) is 57.9. The number of carbonyl (C=O) groups is 2. The van der Waals surface area contributed by atoms with E-state index in [9.17, 15) is 19.0 Å². The molecule has 79 heavy (non-hydrogen) atoms. The third-order valence-corrected chi connectivity index (χ3v) is 16.3. The Balaban J connectivity index is 5.07. The molecular formula is C69H132N2O7P+. The van der Waals surface area contributed by atoms with Crippen molar-refractivity contribution in [3.8, 4) is 0 Å². The van der Waals surface area contributed by atoms with Crippen molar-refractivity contribution in [3.63, 3.8) is 0 Å². The second kappa shape index (κ2) is 59.1. The summed E-state index contributed by atoms with van der Waals surface area (Å²) < 4.78 is 30.8. The van der Waals surface area contributed by atoms with E-state index in [2.05, 4.69) is 62.5 Å². The number of quaternary nitrogens is 1. The van der Waals surface area contributed by atoms with Crippen LogP contribution in [0.5, 0.6) is 0 Å². The zero-order valence-electron chi connectivity index (χ0n) is 53.1. The largest absolute Gasteiger partial charge is 0.472 e. The van der Waals surface area contributed by atoms with Crippen LogP contribution in [0.1, 0.15) is 329 Å². The molecule has 0 aliphatic carbocycles. The highest BCUT2D eigenvalue weighted by Gasteiger charge is 2.30. The third-order valence-electron chi connectivity index (χ3n) is 15.3. The van der Waals surface area contributed by atoms with Crippen molar-refractivity contribution >= 4 is 19.7 Å². The molecule has 0 aromatic carbocycles. The Kier molecular flexibility index (Phi) is 57.6. The van der Waals surface area contributed by atoms with Crippen LogP contribution < -0.4 is 5.32 Å². The molecule has 0 rings (SSSR count). The van der Waals surface area contributed by atoms with Crippen molar-refractivity contribution in [3.05, 3.63) is 48.6 Å². The smallest absolute Gasteiger partial charge is 0.456 e. The molecule has 0 fully saturated rings. The van der Waals surface area contributed by atoms with E-state index in [1.54, 1.807) is 0 Å². The van der Waals surface area contributed by atoms with Crippen molar-refractivity contribution in [2.24, 2.45) is 0 Å². The Morgan fingerprint density at radius 2 is 0.810 bits per heavy atom. The molecule has 0 saturated heterocycles. The lowest BCUT2D eigenvalue weighted by atomic mass is 10.0. The van der Waals surface area contributed by atoms with Crippen molar-refractivity contribution in [2.45, 2.75) is 341 Å². The Hall–Kier alpha value is -2.03. The minimum atomic E-state index is -4.45. The van der Waals surface area contributed by atoms with Gasteiger partial charge in [0.15, 0.2) is 0 Å². The number of rotatable bonds is 62. The van der Waals surface area contributed by atoms with Crippen LogP contribution in [0.25, 0.3) is 0 Å². The molecule has 0 heterocycles. The van der Waals surface area contributed by atoms with E-state index in [1.165, 1.54) is 218 Å². The van der Waals surface area contributed by atoms with Crippen LogP contribution in [0.2, 0.25) is 0 Å². The standard InChI is InChI=1S/C69H131N2O7P/c1-7-10-13-16-19-22-25-28-30-31-32-33-34-35-36-37-38-39-41-43-46-49-52-55-58-61-68(72)70-66(65-77-79(74,75)76-64-63-71(4,5)6)67(60-57-54-51-48-45-42-27-24-21-18-15-12-9-3)78-69(73)62-59-56-53-50-47-44-40-29-26-23-20-17-14-11-8-2/h11,14,17,20,23,26,57,60,66-67H,7-10,12-13,15-16,18-19,21-22,24-25,27-56,58-59,61-65H2,1-6H3,(H-,70,72,74,75)/p+1/b14-11+,20-17+,26-23+,60-57-. The molecule has 3 atom stereocenters. The Labute approximate surface area is 490 Å². The van der Waals surface area contributed by atoms with Gasteiger partial charge in [0.25, 0.3) is 0 Å². The van der Waals surface area contributed by atoms with Gasteiger partial charge in [-0.2, -0.15) is 0 Å². The average molecular weight is 1130 g/mol. The monoisotopic (exact) mass is 1130 g/mol. The number of hydrogen-bond acceptors (Lipinski definition) is 6. The predicted molar refractivity (Wildman–Crippen MR) is 342 cm³/mol. The first-order valence-electron chi connectivity index (χ1n) is 34.0. The molecule has 464 valence electrons. The third kappa shape index (κ3) is 60.4. The van der Waals surface area contributed by atoms with Gasteiger partial charge >= 0.3 is 13.8 Å². The molecule has 0 aromatic rings. The maximum Gasteiger partial charge on any atom is 0.472 e. The van der Waals surface area contributed by atoms with E-state index >= 15 is 0 Å². The molecule has 0 spiro atoms.